The van der Waals surface area contributed by atoms with Gasteiger partial charge in [0.25, 0.3) is 0 Å². The smallest absolute Gasteiger partial charge is 0.119 e. The summed E-state index contributed by atoms with van der Waals surface area (Å²) in [5.74, 6) is 0.170. The molecule has 0 spiro atoms. The van der Waals surface area contributed by atoms with Gasteiger partial charge in [-0.25, -0.2) is 0 Å². The fraction of sp³-hybridized carbons (Fsp3) is 0.571. The zero-order chi connectivity index (χ0) is 13.5. The molecule has 0 aliphatic carbocycles. The first kappa shape index (κ1) is 14.8. The quantitative estimate of drug-likeness (QED) is 0.654. The average Bonchev–Trinajstić information content (AvgIpc) is 2.26. The van der Waals surface area contributed by atoms with Crippen molar-refractivity contribution in [2.24, 2.45) is 0 Å². The van der Waals surface area contributed by atoms with Crippen LogP contribution in [0, 0.1) is 0 Å². The van der Waals surface area contributed by atoms with E-state index in [1.165, 1.54) is 6.07 Å². The maximum atomic E-state index is 9.41. The number of aromatic hydroxyl groups is 2. The molecule has 0 aliphatic rings. The van der Waals surface area contributed by atoms with Gasteiger partial charge in [-0.05, 0) is 51.4 Å². The van der Waals surface area contributed by atoms with E-state index in [1.807, 2.05) is 20.8 Å². The summed E-state index contributed by atoms with van der Waals surface area (Å²) in [6, 6.07) is 4.72. The van der Waals surface area contributed by atoms with Crippen LogP contribution in [0.5, 0.6) is 11.5 Å². The van der Waals surface area contributed by atoms with Gasteiger partial charge in [0.2, 0.25) is 0 Å². The van der Waals surface area contributed by atoms with E-state index in [4.69, 9.17) is 4.74 Å². The molecule has 0 aliphatic heterocycles. The molecule has 0 fully saturated rings. The number of rotatable bonds is 7. The van der Waals surface area contributed by atoms with Crippen molar-refractivity contribution in [2.75, 3.05) is 13.2 Å². The summed E-state index contributed by atoms with van der Waals surface area (Å²) >= 11 is 0. The zero-order valence-corrected chi connectivity index (χ0v) is 11.3. The lowest BCUT2D eigenvalue weighted by atomic mass is 10.1. The van der Waals surface area contributed by atoms with Gasteiger partial charge >= 0.3 is 0 Å². The van der Waals surface area contributed by atoms with Gasteiger partial charge in [0.05, 0.1) is 6.10 Å². The van der Waals surface area contributed by atoms with Crippen LogP contribution in [0.4, 0.5) is 0 Å². The van der Waals surface area contributed by atoms with E-state index in [0.717, 1.165) is 25.1 Å². The highest BCUT2D eigenvalue weighted by Crippen LogP contribution is 2.24. The first-order valence-electron chi connectivity index (χ1n) is 6.37. The van der Waals surface area contributed by atoms with Gasteiger partial charge in [-0.2, -0.15) is 0 Å². The summed E-state index contributed by atoms with van der Waals surface area (Å²) in [4.78, 5) is 0. The number of nitrogens with one attached hydrogen (secondary N) is 1. The standard InChI is InChI=1S/C14H23NO3/c1-10(2)18-6-4-5-15-11(3)12-7-13(16)9-14(17)8-12/h7-11,15-17H,4-6H2,1-3H3. The van der Waals surface area contributed by atoms with Crippen LogP contribution < -0.4 is 5.32 Å². The van der Waals surface area contributed by atoms with E-state index in [0.29, 0.717) is 0 Å². The van der Waals surface area contributed by atoms with Crippen molar-refractivity contribution in [3.8, 4) is 11.5 Å². The largest absolute Gasteiger partial charge is 0.508 e. The van der Waals surface area contributed by atoms with E-state index in [1.54, 1.807) is 12.1 Å². The van der Waals surface area contributed by atoms with Gasteiger partial charge in [0.1, 0.15) is 11.5 Å². The second kappa shape index (κ2) is 7.24. The fourth-order valence-corrected chi connectivity index (χ4v) is 1.70. The lowest BCUT2D eigenvalue weighted by Gasteiger charge is -2.15. The summed E-state index contributed by atoms with van der Waals surface area (Å²) in [5, 5.41) is 22.1. The number of hydrogen-bond donors (Lipinski definition) is 3. The molecule has 1 aromatic rings. The SMILES string of the molecule is CC(C)OCCCNC(C)c1cc(O)cc(O)c1. The summed E-state index contributed by atoms with van der Waals surface area (Å²) < 4.78 is 5.45. The van der Waals surface area contributed by atoms with Gasteiger partial charge in [-0.1, -0.05) is 0 Å². The van der Waals surface area contributed by atoms with E-state index >= 15 is 0 Å². The minimum Gasteiger partial charge on any atom is -0.508 e. The molecule has 0 heterocycles. The third kappa shape index (κ3) is 5.38. The molecule has 1 atom stereocenters. The van der Waals surface area contributed by atoms with Crippen LogP contribution in [0.15, 0.2) is 18.2 Å². The van der Waals surface area contributed by atoms with Crippen molar-refractivity contribution in [2.45, 2.75) is 39.3 Å². The lowest BCUT2D eigenvalue weighted by molar-refractivity contribution is 0.0768. The van der Waals surface area contributed by atoms with Crippen molar-refractivity contribution in [3.05, 3.63) is 23.8 Å². The molecule has 1 unspecified atom stereocenters. The Morgan fingerprint density at radius 3 is 2.28 bits per heavy atom. The van der Waals surface area contributed by atoms with E-state index in [-0.39, 0.29) is 23.6 Å². The predicted octanol–water partition coefficient (Wildman–Crippen LogP) is 2.56. The van der Waals surface area contributed by atoms with Crippen LogP contribution in [-0.2, 0) is 4.74 Å². The van der Waals surface area contributed by atoms with Gasteiger partial charge in [-0.15, -0.1) is 0 Å². The Morgan fingerprint density at radius 1 is 1.11 bits per heavy atom. The molecule has 102 valence electrons. The normalized spacial score (nSPS) is 12.9. The average molecular weight is 253 g/mol. The van der Waals surface area contributed by atoms with E-state index in [9.17, 15) is 10.2 Å². The van der Waals surface area contributed by atoms with E-state index in [2.05, 4.69) is 5.32 Å². The Bertz CT molecular complexity index is 346. The highest BCUT2D eigenvalue weighted by Gasteiger charge is 2.07. The zero-order valence-electron chi connectivity index (χ0n) is 11.3. The number of phenols is 2. The molecule has 0 aromatic heterocycles. The molecular formula is C14H23NO3. The van der Waals surface area contributed by atoms with Crippen LogP contribution in [-0.4, -0.2) is 29.5 Å². The maximum absolute atomic E-state index is 9.41. The van der Waals surface area contributed by atoms with Gasteiger partial charge in [0.15, 0.2) is 0 Å². The summed E-state index contributed by atoms with van der Waals surface area (Å²) in [6.45, 7) is 7.61. The lowest BCUT2D eigenvalue weighted by Crippen LogP contribution is -2.21. The third-order valence-corrected chi connectivity index (χ3v) is 2.65. The van der Waals surface area contributed by atoms with Crippen LogP contribution >= 0.6 is 0 Å². The third-order valence-electron chi connectivity index (χ3n) is 2.65. The van der Waals surface area contributed by atoms with Crippen molar-refractivity contribution >= 4 is 0 Å². The molecule has 0 saturated heterocycles. The van der Waals surface area contributed by atoms with Crippen LogP contribution in [0.25, 0.3) is 0 Å². The Hall–Kier alpha value is -1.26. The molecule has 0 saturated carbocycles. The summed E-state index contributed by atoms with van der Waals surface area (Å²) in [5.41, 5.74) is 0.872. The molecule has 1 aromatic carbocycles. The number of ether oxygens (including phenoxy) is 1. The van der Waals surface area contributed by atoms with Crippen molar-refractivity contribution in [3.63, 3.8) is 0 Å². The molecule has 4 heteroatoms. The first-order valence-corrected chi connectivity index (χ1v) is 6.37. The molecular weight excluding hydrogens is 230 g/mol. The van der Waals surface area contributed by atoms with Crippen molar-refractivity contribution in [1.82, 2.24) is 5.32 Å². The van der Waals surface area contributed by atoms with Crippen molar-refractivity contribution in [1.29, 1.82) is 0 Å². The number of phenolic OH excluding ortho intramolecular Hbond substituents is 2. The Balaban J connectivity index is 2.34. The Kier molecular flexibility index (Phi) is 5.95. The van der Waals surface area contributed by atoms with Crippen LogP contribution in [0.1, 0.15) is 38.8 Å². The molecule has 1 rings (SSSR count). The molecule has 0 radical (unpaired) electrons. The molecule has 4 nitrogen and oxygen atoms in total. The second-order valence-corrected chi connectivity index (χ2v) is 4.73. The van der Waals surface area contributed by atoms with Crippen LogP contribution in [0.2, 0.25) is 0 Å². The minimum absolute atomic E-state index is 0.0850. The second-order valence-electron chi connectivity index (χ2n) is 4.73. The minimum atomic E-state index is 0.0850. The highest BCUT2D eigenvalue weighted by atomic mass is 16.5. The topological polar surface area (TPSA) is 61.7 Å². The van der Waals surface area contributed by atoms with Gasteiger partial charge in [0, 0.05) is 18.7 Å². The van der Waals surface area contributed by atoms with Gasteiger partial charge < -0.3 is 20.3 Å². The Labute approximate surface area is 109 Å². The summed E-state index contributed by atoms with van der Waals surface area (Å²) in [7, 11) is 0. The number of benzene rings is 1. The van der Waals surface area contributed by atoms with E-state index < -0.39 is 0 Å². The fourth-order valence-electron chi connectivity index (χ4n) is 1.70. The first-order chi connectivity index (χ1) is 8.49. The number of hydrogen-bond acceptors (Lipinski definition) is 4. The Morgan fingerprint density at radius 2 is 1.72 bits per heavy atom. The highest BCUT2D eigenvalue weighted by molar-refractivity contribution is 5.37. The van der Waals surface area contributed by atoms with Crippen LogP contribution in [0.3, 0.4) is 0 Å². The molecule has 18 heavy (non-hydrogen) atoms. The molecule has 3 N–H and O–H groups in total. The predicted molar refractivity (Wildman–Crippen MR) is 71.9 cm³/mol. The van der Waals surface area contributed by atoms with Crippen molar-refractivity contribution < 1.29 is 14.9 Å². The van der Waals surface area contributed by atoms with Gasteiger partial charge in [-0.3, -0.25) is 0 Å². The molecule has 0 amide bonds. The maximum Gasteiger partial charge on any atom is 0.119 e. The molecule has 0 bridgehead atoms. The summed E-state index contributed by atoms with van der Waals surface area (Å²) in [6.07, 6.45) is 1.21. The monoisotopic (exact) mass is 253 g/mol.